The van der Waals surface area contributed by atoms with Crippen LogP contribution >= 0.6 is 0 Å². The lowest BCUT2D eigenvalue weighted by molar-refractivity contribution is -0.140. The maximum atomic E-state index is 14.3. The van der Waals surface area contributed by atoms with Gasteiger partial charge >= 0.3 is 0 Å². The molecule has 4 atom stereocenters. The summed E-state index contributed by atoms with van der Waals surface area (Å²) in [5.74, 6) is 3.68. The van der Waals surface area contributed by atoms with Gasteiger partial charge in [-0.1, -0.05) is 31.4 Å². The molecule has 3 aliphatic heterocycles. The van der Waals surface area contributed by atoms with E-state index in [4.69, 9.17) is 23.7 Å². The number of carbonyl (C=O) groups excluding carboxylic acids is 2. The Labute approximate surface area is 432 Å². The zero-order valence-corrected chi connectivity index (χ0v) is 43.5. The number of anilines is 3. The SMILES string of the molecule is CN[C@@H](C)C(=O)NC(C(=O)N1CC[C@@H]2CCN(CCc3ccc(OCCOCCOCCOc4cc(Nc5cc(-c6cc(C#N)ccc6OC)ccn5)ccc4N4CCN(C)CC4)cc3)C[C@@H]21)C1CCCCC1. The Balaban J connectivity index is 0.736. The molecule has 0 spiro atoms. The molecule has 4 fully saturated rings. The molecule has 4 aliphatic rings. The number of aromatic nitrogens is 1. The fourth-order valence-corrected chi connectivity index (χ4v) is 10.7. The summed E-state index contributed by atoms with van der Waals surface area (Å²) in [4.78, 5) is 41.2. The lowest BCUT2D eigenvalue weighted by Crippen LogP contribution is -2.58. The normalized spacial score (nSPS) is 19.4. The van der Waals surface area contributed by atoms with Crippen LogP contribution in [0.25, 0.3) is 11.1 Å². The van der Waals surface area contributed by atoms with Crippen LogP contribution in [0.1, 0.15) is 63.0 Å². The molecule has 4 heterocycles. The minimum absolute atomic E-state index is 0.0933. The number of amides is 2. The highest BCUT2D eigenvalue weighted by molar-refractivity contribution is 5.90. The van der Waals surface area contributed by atoms with Crippen LogP contribution in [0.4, 0.5) is 17.2 Å². The predicted octanol–water partition coefficient (Wildman–Crippen LogP) is 6.75. The molecular weight excluding hydrogens is 923 g/mol. The fraction of sp³-hybridized carbons (Fsp3) is 0.544. The highest BCUT2D eigenvalue weighted by atomic mass is 16.6. The first-order valence-corrected chi connectivity index (χ1v) is 26.6. The van der Waals surface area contributed by atoms with Crippen molar-refractivity contribution < 1.29 is 33.3 Å². The second-order valence-corrected chi connectivity index (χ2v) is 20.0. The van der Waals surface area contributed by atoms with Crippen LogP contribution in [0, 0.1) is 23.2 Å². The van der Waals surface area contributed by atoms with Gasteiger partial charge in [0.1, 0.15) is 42.3 Å². The molecule has 2 amide bonds. The van der Waals surface area contributed by atoms with E-state index < -0.39 is 6.04 Å². The predicted molar refractivity (Wildman–Crippen MR) is 285 cm³/mol. The Hall–Kier alpha value is -5.96. The highest BCUT2D eigenvalue weighted by Gasteiger charge is 2.44. The molecule has 3 saturated heterocycles. The third kappa shape index (κ3) is 14.6. The topological polar surface area (TPSA) is 166 Å². The third-order valence-corrected chi connectivity index (χ3v) is 15.2. The van der Waals surface area contributed by atoms with Crippen LogP contribution in [0.15, 0.2) is 79.0 Å². The fourth-order valence-electron chi connectivity index (χ4n) is 10.7. The number of nitriles is 1. The van der Waals surface area contributed by atoms with E-state index in [2.05, 4.69) is 71.8 Å². The Morgan fingerprint density at radius 1 is 0.808 bits per heavy atom. The molecule has 0 radical (unpaired) electrons. The van der Waals surface area contributed by atoms with Gasteiger partial charge in [-0.25, -0.2) is 4.98 Å². The molecule has 3 aromatic carbocycles. The molecule has 3 N–H and O–H groups in total. The molecule has 16 heteroatoms. The third-order valence-electron chi connectivity index (χ3n) is 15.2. The number of nitrogens with zero attached hydrogens (tertiary/aromatic N) is 6. The largest absolute Gasteiger partial charge is 0.496 e. The first-order valence-electron chi connectivity index (χ1n) is 26.6. The average molecular weight is 1000 g/mol. The number of ether oxygens (including phenoxy) is 5. The molecule has 1 aliphatic carbocycles. The monoisotopic (exact) mass is 1000 g/mol. The number of carbonyl (C=O) groups is 2. The molecule has 1 saturated carbocycles. The summed E-state index contributed by atoms with van der Waals surface area (Å²) in [6.07, 6.45) is 10.3. The Morgan fingerprint density at radius 2 is 1.55 bits per heavy atom. The molecular formula is C57H77N9O7. The second kappa shape index (κ2) is 26.8. The first-order chi connectivity index (χ1) is 35.7. The van der Waals surface area contributed by atoms with E-state index >= 15 is 0 Å². The van der Waals surface area contributed by atoms with Crippen molar-refractivity contribution in [2.24, 2.45) is 11.8 Å². The van der Waals surface area contributed by atoms with Crippen LogP contribution in [0.3, 0.4) is 0 Å². The van der Waals surface area contributed by atoms with E-state index in [-0.39, 0.29) is 29.8 Å². The minimum atomic E-state index is -0.442. The van der Waals surface area contributed by atoms with Crippen molar-refractivity contribution in [3.05, 3.63) is 90.1 Å². The number of likely N-dealkylation sites (tertiary alicyclic amines) is 2. The first kappa shape index (κ1) is 53.3. The van der Waals surface area contributed by atoms with Crippen molar-refractivity contribution >= 4 is 29.0 Å². The molecule has 1 aromatic heterocycles. The van der Waals surface area contributed by atoms with Crippen LogP contribution in [-0.4, -0.2) is 163 Å². The zero-order valence-electron chi connectivity index (χ0n) is 43.5. The summed E-state index contributed by atoms with van der Waals surface area (Å²) >= 11 is 0. The Bertz CT molecular complexity index is 2440. The maximum Gasteiger partial charge on any atom is 0.245 e. The van der Waals surface area contributed by atoms with Gasteiger partial charge in [0.05, 0.1) is 56.9 Å². The highest BCUT2D eigenvalue weighted by Crippen LogP contribution is 2.37. The number of methoxy groups -OCH3 is 1. The van der Waals surface area contributed by atoms with Gasteiger partial charge in [-0.3, -0.25) is 9.59 Å². The van der Waals surface area contributed by atoms with Crippen molar-refractivity contribution in [2.75, 3.05) is 123 Å². The number of benzene rings is 3. The van der Waals surface area contributed by atoms with Gasteiger partial charge in [0, 0.05) is 75.4 Å². The van der Waals surface area contributed by atoms with Gasteiger partial charge < -0.3 is 59.2 Å². The van der Waals surface area contributed by atoms with Gasteiger partial charge in [-0.15, -0.1) is 0 Å². The number of hydrogen-bond donors (Lipinski definition) is 3. The Kier molecular flexibility index (Phi) is 19.6. The van der Waals surface area contributed by atoms with Gasteiger partial charge in [-0.2, -0.15) is 5.26 Å². The zero-order chi connectivity index (χ0) is 50.9. The summed E-state index contributed by atoms with van der Waals surface area (Å²) in [7, 11) is 5.55. The van der Waals surface area contributed by atoms with Crippen LogP contribution < -0.4 is 35.1 Å². The van der Waals surface area contributed by atoms with Crippen LogP contribution in [0.2, 0.25) is 0 Å². The van der Waals surface area contributed by atoms with Crippen LogP contribution in [-0.2, 0) is 25.5 Å². The molecule has 1 unspecified atom stereocenters. The van der Waals surface area contributed by atoms with E-state index in [0.717, 1.165) is 131 Å². The van der Waals surface area contributed by atoms with Crippen LogP contribution in [0.5, 0.6) is 17.2 Å². The number of pyridine rings is 1. The molecule has 392 valence electrons. The number of fused-ring (bicyclic) bond motifs is 1. The van der Waals surface area contributed by atoms with E-state index in [1.54, 1.807) is 26.4 Å². The van der Waals surface area contributed by atoms with Crippen molar-refractivity contribution in [1.82, 2.24) is 30.3 Å². The number of hydrogen-bond acceptors (Lipinski definition) is 14. The lowest BCUT2D eigenvalue weighted by atomic mass is 9.83. The lowest BCUT2D eigenvalue weighted by Gasteiger charge is -2.41. The summed E-state index contributed by atoms with van der Waals surface area (Å²) in [5, 5.41) is 19.2. The van der Waals surface area contributed by atoms with Crippen molar-refractivity contribution in [3.8, 4) is 34.4 Å². The summed E-state index contributed by atoms with van der Waals surface area (Å²) < 4.78 is 29.7. The summed E-state index contributed by atoms with van der Waals surface area (Å²) in [6, 6.07) is 25.4. The van der Waals surface area contributed by atoms with Crippen molar-refractivity contribution in [3.63, 3.8) is 0 Å². The van der Waals surface area contributed by atoms with E-state index in [1.165, 1.54) is 12.0 Å². The quantitative estimate of drug-likeness (QED) is 0.0631. The number of piperazine rings is 1. The Morgan fingerprint density at radius 3 is 2.29 bits per heavy atom. The number of nitrogens with one attached hydrogen (secondary N) is 3. The molecule has 16 nitrogen and oxygen atoms in total. The number of rotatable bonds is 24. The molecule has 73 heavy (non-hydrogen) atoms. The average Bonchev–Trinajstić information content (AvgIpc) is 3.86. The number of piperidine rings is 1. The number of likely N-dealkylation sites (N-methyl/N-ethyl adjacent to an activating group) is 2. The minimum Gasteiger partial charge on any atom is -0.496 e. The van der Waals surface area contributed by atoms with E-state index in [0.29, 0.717) is 62.7 Å². The van der Waals surface area contributed by atoms with Crippen molar-refractivity contribution in [2.45, 2.75) is 76.4 Å². The van der Waals surface area contributed by atoms with Gasteiger partial charge in [0.25, 0.3) is 0 Å². The molecule has 0 bridgehead atoms. The second-order valence-electron chi connectivity index (χ2n) is 20.0. The standard InChI is InChI=1S/C57H77N9O7/c1-41(59-2)56(67)62-55(45-8-6-5-7-9-45)57(68)66-25-21-44-20-24-64(40-51(44)66)23-19-42-10-14-48(15-11-42)72-34-32-70-30-31-71-33-35-73-53-38-47(13-16-50(53)65-28-26-63(3)27-29-65)61-54-37-46(18-22-60-54)49-36-43(39-58)12-17-52(49)69-4/h10-18,22,36-38,41,44-45,51,55,59H,5-9,19-21,23-35,40H2,1-4H3,(H,60,61)(H,62,67)/t41-,44-,51-,55?/m0/s1. The smallest absolute Gasteiger partial charge is 0.245 e. The molecule has 4 aromatic rings. The van der Waals surface area contributed by atoms with Gasteiger partial charge in [-0.05, 0) is 137 Å². The summed E-state index contributed by atoms with van der Waals surface area (Å²) in [5.41, 5.74) is 5.39. The molecule has 8 rings (SSSR count). The summed E-state index contributed by atoms with van der Waals surface area (Å²) in [6.45, 7) is 11.8. The van der Waals surface area contributed by atoms with E-state index in [9.17, 15) is 14.9 Å². The van der Waals surface area contributed by atoms with Gasteiger partial charge in [0.15, 0.2) is 0 Å². The maximum absolute atomic E-state index is 14.3. The van der Waals surface area contributed by atoms with Crippen molar-refractivity contribution in [1.29, 1.82) is 5.26 Å². The van der Waals surface area contributed by atoms with Gasteiger partial charge in [0.2, 0.25) is 11.8 Å². The van der Waals surface area contributed by atoms with E-state index in [1.807, 2.05) is 55.5 Å².